The fourth-order valence-electron chi connectivity index (χ4n) is 25.2. The molecule has 18 rings (SSSR count). The Bertz CT molecular complexity index is 5150. The minimum Gasteiger partial charge on any atom is -0.540 e. The van der Waals surface area contributed by atoms with Gasteiger partial charge < -0.3 is 71.7 Å². The van der Waals surface area contributed by atoms with Crippen molar-refractivity contribution in [3.05, 3.63) is 71.7 Å². The molecular weight excluding hydrogens is 1860 g/mol. The van der Waals surface area contributed by atoms with Crippen LogP contribution in [0.4, 0.5) is 0 Å². The van der Waals surface area contributed by atoms with Gasteiger partial charge in [0.25, 0.3) is 0 Å². The summed E-state index contributed by atoms with van der Waals surface area (Å²) in [6, 6.07) is 14.7. The van der Waals surface area contributed by atoms with Crippen LogP contribution in [0.1, 0.15) is 309 Å². The van der Waals surface area contributed by atoms with E-state index < -0.39 is 65.4 Å². The Morgan fingerprint density at radius 1 is 0.348 bits per heavy atom. The van der Waals surface area contributed by atoms with Gasteiger partial charge in [-0.2, -0.15) is 0 Å². The zero-order chi connectivity index (χ0) is 94.4. The Hall–Kier alpha value is -7.94. The van der Waals surface area contributed by atoms with Gasteiger partial charge in [0.15, 0.2) is 0 Å². The molecular formula is C108H144N9O18V3-3. The van der Waals surface area contributed by atoms with E-state index in [0.717, 1.165) is 252 Å². The van der Waals surface area contributed by atoms with Crippen LogP contribution in [0, 0.1) is 71.0 Å². The molecule has 138 heavy (non-hydrogen) atoms. The minimum absolute atomic E-state index is 0. The van der Waals surface area contributed by atoms with Gasteiger partial charge in [-0.1, -0.05) is 154 Å². The van der Waals surface area contributed by atoms with Gasteiger partial charge in [0.05, 0.1) is 111 Å². The monoisotopic (exact) mass is 2010 g/mol. The molecule has 9 heterocycles. The topological polar surface area (TPSA) is 324 Å². The van der Waals surface area contributed by atoms with E-state index in [4.69, 9.17) is 72.5 Å². The van der Waals surface area contributed by atoms with Crippen molar-refractivity contribution in [3.63, 3.8) is 0 Å². The molecule has 6 aromatic rings. The van der Waals surface area contributed by atoms with Crippen LogP contribution in [0.3, 0.4) is 0 Å². The van der Waals surface area contributed by atoms with E-state index in [9.17, 15) is 43.2 Å². The molecule has 30 heteroatoms. The largest absolute Gasteiger partial charge is 0.540 e. The molecule has 12 aliphatic rings. The number of carbonyl (C=O) groups is 6. The summed E-state index contributed by atoms with van der Waals surface area (Å²) in [4.78, 5) is 156. The molecule has 0 unspecified atom stereocenters. The van der Waals surface area contributed by atoms with Crippen molar-refractivity contribution in [2.75, 3.05) is 41.0 Å². The number of ether oxygens (including phenoxy) is 9. The SMILES string of the molecule is CC[C@@H]1[C@@H]2CN(C(=O)[C@H](C3CCCCC3)CC(=O)O[C@@H]3CCC[C@H]3CCCCCc3nc4ccc(OC)cc4nc3O2)[C@@H]1[C-]=O.CC[C@@H]1[C@@H]2CN(C(=O)[C@H](C3CCCCC3)CC(=O)O[C@]3(C)CCC[C@H]3CCCCCc3nc4ccc(OC)cc4nc3O2)[C@@H]1[C-]=O.CC[C@@H]1[C@@H]2CN(C(=O)[C@H](C3CCCCC3)CC(=O)O[C@]3(C)C[C@H]3CCCCCc3nc4ccc(OC)cc4nc3O2)[C@@H]1[C-]=O.[V].[V].[V]. The first-order valence-electron chi connectivity index (χ1n) is 51.9. The number of amides is 3. The number of benzene rings is 3. The second kappa shape index (κ2) is 49.8. The number of rotatable bonds is 12. The van der Waals surface area contributed by atoms with Crippen molar-refractivity contribution in [2.24, 2.45) is 71.0 Å². The molecule has 3 saturated heterocycles. The summed E-state index contributed by atoms with van der Waals surface area (Å²) in [7, 11) is 4.87. The molecule has 6 aliphatic carbocycles. The average Bonchev–Trinajstić information content (AvgIpc) is 1.61. The number of nitrogens with zero attached hydrogens (tertiary/aromatic N) is 9. The summed E-state index contributed by atoms with van der Waals surface area (Å²) in [5.74, 6) is 1.16. The van der Waals surface area contributed by atoms with E-state index in [1.165, 1.54) is 0 Å². The Morgan fingerprint density at radius 3 is 1.02 bits per heavy atom. The third-order valence-corrected chi connectivity index (χ3v) is 33.1. The van der Waals surface area contributed by atoms with Gasteiger partial charge in [0, 0.05) is 79.8 Å². The third-order valence-electron chi connectivity index (χ3n) is 33.1. The predicted molar refractivity (Wildman–Crippen MR) is 509 cm³/mol. The van der Waals surface area contributed by atoms with Crippen LogP contribution in [0.25, 0.3) is 33.1 Å². The number of carbonyl (C=O) groups excluding carboxylic acids is 9. The first-order valence-corrected chi connectivity index (χ1v) is 51.9. The van der Waals surface area contributed by atoms with Crippen LogP contribution in [-0.2, 0) is 132 Å². The number of esters is 3. The maximum absolute atomic E-state index is 14.5. The molecule has 6 bridgehead atoms. The van der Waals surface area contributed by atoms with Crippen LogP contribution in [-0.4, -0.2) is 194 Å². The number of methoxy groups -OCH3 is 3. The first-order chi connectivity index (χ1) is 65.6. The van der Waals surface area contributed by atoms with Gasteiger partial charge in [0.2, 0.25) is 35.4 Å². The number of fused-ring (bicyclic) bond motifs is 15. The van der Waals surface area contributed by atoms with Gasteiger partial charge in [0.1, 0.15) is 69.9 Å². The van der Waals surface area contributed by atoms with E-state index >= 15 is 0 Å². The van der Waals surface area contributed by atoms with Crippen molar-refractivity contribution in [2.45, 2.75) is 364 Å². The fourth-order valence-corrected chi connectivity index (χ4v) is 25.2. The Balaban J connectivity index is 0.000000173. The zero-order valence-corrected chi connectivity index (χ0v) is 86.6. The van der Waals surface area contributed by atoms with Crippen molar-refractivity contribution in [3.8, 4) is 34.9 Å². The van der Waals surface area contributed by atoms with Gasteiger partial charge in [-0.25, -0.2) is 48.8 Å². The Morgan fingerprint density at radius 2 is 0.667 bits per heavy atom. The van der Waals surface area contributed by atoms with Crippen molar-refractivity contribution < 1.29 is 141 Å². The van der Waals surface area contributed by atoms with Gasteiger partial charge in [-0.05, 0) is 239 Å². The smallest absolute Gasteiger partial charge is 0.307 e. The number of hydrogen-bond acceptors (Lipinski definition) is 24. The van der Waals surface area contributed by atoms with Crippen LogP contribution < -0.4 is 28.4 Å². The maximum Gasteiger partial charge on any atom is 0.307 e. The van der Waals surface area contributed by atoms with Crippen molar-refractivity contribution in [1.82, 2.24) is 44.6 Å². The molecule has 3 radical (unpaired) electrons. The molecule has 9 fully saturated rings. The van der Waals surface area contributed by atoms with Crippen LogP contribution in [0.15, 0.2) is 54.6 Å². The van der Waals surface area contributed by atoms with E-state index in [-0.39, 0.29) is 172 Å². The summed E-state index contributed by atoms with van der Waals surface area (Å²) < 4.78 is 54.8. The predicted octanol–water partition coefficient (Wildman–Crippen LogP) is 18.4. The molecule has 3 amide bonds. The van der Waals surface area contributed by atoms with Gasteiger partial charge >= 0.3 is 17.9 Å². The van der Waals surface area contributed by atoms with Crippen LogP contribution in [0.2, 0.25) is 0 Å². The summed E-state index contributed by atoms with van der Waals surface area (Å²) in [5.41, 5.74) is 5.79. The number of aryl methyl sites for hydroxylation is 3. The molecule has 0 spiro atoms. The summed E-state index contributed by atoms with van der Waals surface area (Å²) in [6.07, 6.45) is 43.5. The zero-order valence-electron chi connectivity index (χ0n) is 82.4. The molecule has 747 valence electrons. The summed E-state index contributed by atoms with van der Waals surface area (Å²) >= 11 is 0. The van der Waals surface area contributed by atoms with Crippen molar-refractivity contribution in [1.29, 1.82) is 0 Å². The molecule has 18 atom stereocenters. The first kappa shape index (κ1) is 107. The minimum atomic E-state index is -0.750. The maximum atomic E-state index is 14.5. The second-order valence-electron chi connectivity index (χ2n) is 41.5. The summed E-state index contributed by atoms with van der Waals surface area (Å²) in [5, 5.41) is 0. The van der Waals surface area contributed by atoms with Gasteiger partial charge in [-0.3, -0.25) is 28.8 Å². The standard InChI is InChI=1S/C37H50N3O6.C36H48N3O6.C35H46N3O6.3V/c1-4-27-32(23-41)40-22-33(27)45-35-30(38-29-18-17-26(44-3)20-31(29)39-35)16-10-6-9-14-25-15-11-19-37(25,2)46-34(42)21-28(36(40)43)24-12-7-5-8-13-24;1-3-26-31(22-40)39-21-33(26)45-35-29(37-28-18-17-25(43-2)19-30(28)38-35)15-9-5-8-13-24-14-10-16-32(24)44-34(41)20-27(36(39)42)23-11-6-4-7-12-23;1-4-25-30(21-39)38-20-31(25)43-33-28(36-27-16-15-24(42-3)17-29(27)37-33)14-10-6-9-13-23-19-35(23,2)44-32(40)18-26(34(38)41)22-11-7-5-8-12-22;;;/h17-18,20,24-25,27-28,32-33H,4-16,19,21-22H2,1-3H3;17-19,23-24,26-27,31-33H,3-16,20-21H2,1-2H3;15-17,22-23,25-26,30-31H,4-14,18-20H2,1-3H3;;;/q3*-1;;;/t25-,27+,28+,32-,33+,37-;24-,26+,27+,31-,32-,33+;23-,25+,26+,30-,31+,35-;;;/m111.../s1. The molecule has 3 aromatic carbocycles. The van der Waals surface area contributed by atoms with Crippen LogP contribution in [0.5, 0.6) is 34.9 Å². The summed E-state index contributed by atoms with van der Waals surface area (Å²) in [6.45, 7) is 10.9. The Kier molecular flexibility index (Phi) is 38.8. The molecule has 6 saturated carbocycles. The van der Waals surface area contributed by atoms with E-state index in [2.05, 4.69) is 25.8 Å². The average molecular weight is 2010 g/mol. The fraction of sp³-hybridized carbons (Fsp3) is 0.694. The molecule has 0 N–H and O–H groups in total. The quantitative estimate of drug-likeness (QED) is 0.0624. The number of hydrogen-bond donors (Lipinski definition) is 0. The second-order valence-corrected chi connectivity index (χ2v) is 41.5. The molecule has 6 aliphatic heterocycles. The van der Waals surface area contributed by atoms with Crippen molar-refractivity contribution >= 4 is 87.6 Å². The number of aromatic nitrogens is 6. The third kappa shape index (κ3) is 25.1. The molecule has 3 aromatic heterocycles. The van der Waals surface area contributed by atoms with Crippen LogP contribution >= 0.6 is 0 Å². The van der Waals surface area contributed by atoms with E-state index in [0.29, 0.717) is 108 Å². The van der Waals surface area contributed by atoms with E-state index in [1.54, 1.807) is 36.0 Å². The molecule has 27 nitrogen and oxygen atoms in total. The normalized spacial score (nSPS) is 30.7. The Labute approximate surface area is 850 Å². The van der Waals surface area contributed by atoms with Gasteiger partial charge in [-0.15, -0.1) is 0 Å². The van der Waals surface area contributed by atoms with E-state index in [1.807, 2.05) is 82.3 Å².